The van der Waals surface area contributed by atoms with Gasteiger partial charge in [-0.3, -0.25) is 0 Å². The van der Waals surface area contributed by atoms with Crippen LogP contribution in [-0.4, -0.2) is 11.7 Å². The predicted octanol–water partition coefficient (Wildman–Crippen LogP) is 5.88. The Morgan fingerprint density at radius 2 is 1.69 bits per heavy atom. The highest BCUT2D eigenvalue weighted by Gasteiger charge is 2.40. The number of rotatable bonds is 4. The normalized spacial score (nSPS) is 33.2. The van der Waals surface area contributed by atoms with Gasteiger partial charge >= 0.3 is 6.18 Å². The zero-order chi connectivity index (χ0) is 18.8. The Kier molecular flexibility index (Phi) is 5.97. The third-order valence-electron chi connectivity index (χ3n) is 6.31. The zero-order valence-electron chi connectivity index (χ0n) is 15.4. The molecule has 2 nitrogen and oxygen atoms in total. The first kappa shape index (κ1) is 19.7. The molecule has 1 aliphatic carbocycles. The lowest BCUT2D eigenvalue weighted by Crippen LogP contribution is -2.39. The minimum atomic E-state index is -4.36. The summed E-state index contributed by atoms with van der Waals surface area (Å²) in [6.07, 6.45) is 4.56. The molecular formula is C21H29F3O2. The van der Waals surface area contributed by atoms with E-state index in [1.54, 1.807) is 0 Å². The van der Waals surface area contributed by atoms with Crippen molar-refractivity contribution in [3.05, 3.63) is 35.4 Å². The molecule has 26 heavy (non-hydrogen) atoms. The summed E-state index contributed by atoms with van der Waals surface area (Å²) >= 11 is 0. The Labute approximate surface area is 153 Å². The standard InChI is InChI=1S/C21H29F3O2/c1-2-3-15-4-6-16(7-5-15)17-12-13-20(25,26-14-17)18-8-10-19(11-9-18)21(22,23)24/h8-11,15-17,25H,2-7,12-14H2,1H3. The van der Waals surface area contributed by atoms with E-state index in [0.29, 0.717) is 30.4 Å². The monoisotopic (exact) mass is 370 g/mol. The Hall–Kier alpha value is -1.07. The molecule has 3 rings (SSSR count). The molecule has 1 N–H and O–H groups in total. The SMILES string of the molecule is CCCC1CCC(C2CCC(O)(c3ccc(C(F)(F)F)cc3)OC2)CC1. The van der Waals surface area contributed by atoms with Crippen LogP contribution in [0.15, 0.2) is 24.3 Å². The highest BCUT2D eigenvalue weighted by Crippen LogP contribution is 2.43. The van der Waals surface area contributed by atoms with Crippen LogP contribution in [0.4, 0.5) is 13.2 Å². The highest BCUT2D eigenvalue weighted by atomic mass is 19.4. The molecule has 2 unspecified atom stereocenters. The number of benzene rings is 1. The fraction of sp³-hybridized carbons (Fsp3) is 0.714. The van der Waals surface area contributed by atoms with Gasteiger partial charge in [0.15, 0.2) is 5.79 Å². The van der Waals surface area contributed by atoms with Crippen molar-refractivity contribution >= 4 is 0 Å². The van der Waals surface area contributed by atoms with Gasteiger partial charge < -0.3 is 9.84 Å². The second-order valence-corrected chi connectivity index (χ2v) is 8.04. The Morgan fingerprint density at radius 1 is 1.04 bits per heavy atom. The molecule has 1 saturated carbocycles. The zero-order valence-corrected chi connectivity index (χ0v) is 15.4. The quantitative estimate of drug-likeness (QED) is 0.717. The van der Waals surface area contributed by atoms with Crippen molar-refractivity contribution in [3.8, 4) is 0 Å². The second kappa shape index (κ2) is 7.89. The molecule has 146 valence electrons. The van der Waals surface area contributed by atoms with Crippen LogP contribution in [0.5, 0.6) is 0 Å². The van der Waals surface area contributed by atoms with Gasteiger partial charge in [-0.2, -0.15) is 13.2 Å². The van der Waals surface area contributed by atoms with E-state index in [4.69, 9.17) is 4.74 Å². The van der Waals surface area contributed by atoms with Gasteiger partial charge in [-0.25, -0.2) is 0 Å². The van der Waals surface area contributed by atoms with Crippen LogP contribution < -0.4 is 0 Å². The maximum Gasteiger partial charge on any atom is 0.416 e. The lowest BCUT2D eigenvalue weighted by Gasteiger charge is -2.41. The van der Waals surface area contributed by atoms with Gasteiger partial charge in [0.25, 0.3) is 0 Å². The van der Waals surface area contributed by atoms with E-state index >= 15 is 0 Å². The molecule has 2 aliphatic rings. The molecule has 0 aromatic heterocycles. The van der Waals surface area contributed by atoms with E-state index in [0.717, 1.165) is 24.5 Å². The van der Waals surface area contributed by atoms with E-state index in [1.807, 2.05) is 0 Å². The van der Waals surface area contributed by atoms with Crippen molar-refractivity contribution in [2.45, 2.75) is 70.3 Å². The fourth-order valence-electron chi connectivity index (χ4n) is 4.66. The molecule has 0 radical (unpaired) electrons. The summed E-state index contributed by atoms with van der Waals surface area (Å²) in [4.78, 5) is 0. The number of ether oxygens (including phenoxy) is 1. The Balaban J connectivity index is 1.56. The molecule has 5 heteroatoms. The highest BCUT2D eigenvalue weighted by molar-refractivity contribution is 5.27. The van der Waals surface area contributed by atoms with E-state index in [-0.39, 0.29) is 0 Å². The molecule has 1 saturated heterocycles. The van der Waals surface area contributed by atoms with E-state index in [2.05, 4.69) is 6.92 Å². The molecule has 1 aliphatic heterocycles. The van der Waals surface area contributed by atoms with Crippen molar-refractivity contribution in [1.82, 2.24) is 0 Å². The van der Waals surface area contributed by atoms with Crippen molar-refractivity contribution in [2.75, 3.05) is 6.61 Å². The van der Waals surface area contributed by atoms with Crippen LogP contribution in [0.1, 0.15) is 69.4 Å². The van der Waals surface area contributed by atoms with Crippen LogP contribution >= 0.6 is 0 Å². The van der Waals surface area contributed by atoms with E-state index in [9.17, 15) is 18.3 Å². The molecule has 2 atom stereocenters. The Morgan fingerprint density at radius 3 is 2.19 bits per heavy atom. The van der Waals surface area contributed by atoms with Crippen molar-refractivity contribution in [2.24, 2.45) is 17.8 Å². The molecule has 2 fully saturated rings. The summed E-state index contributed by atoms with van der Waals surface area (Å²) in [6.45, 7) is 2.73. The smallest absolute Gasteiger partial charge is 0.362 e. The maximum absolute atomic E-state index is 12.7. The van der Waals surface area contributed by atoms with E-state index < -0.39 is 17.5 Å². The summed E-state index contributed by atoms with van der Waals surface area (Å²) in [6, 6.07) is 4.69. The first-order chi connectivity index (χ1) is 12.3. The summed E-state index contributed by atoms with van der Waals surface area (Å²) < 4.78 is 43.9. The number of halogens is 3. The molecule has 1 heterocycles. The predicted molar refractivity (Wildman–Crippen MR) is 94.4 cm³/mol. The van der Waals surface area contributed by atoms with Gasteiger partial charge in [0, 0.05) is 12.0 Å². The Bertz CT molecular complexity index is 566. The number of aliphatic hydroxyl groups is 1. The van der Waals surface area contributed by atoms with Gasteiger partial charge in [0.2, 0.25) is 0 Å². The third-order valence-corrected chi connectivity index (χ3v) is 6.31. The molecule has 0 bridgehead atoms. The summed E-state index contributed by atoms with van der Waals surface area (Å²) in [5.41, 5.74) is -0.294. The average molecular weight is 370 g/mol. The van der Waals surface area contributed by atoms with Crippen LogP contribution in [-0.2, 0) is 16.7 Å². The maximum atomic E-state index is 12.7. The lowest BCUT2D eigenvalue weighted by atomic mass is 9.72. The fourth-order valence-corrected chi connectivity index (χ4v) is 4.66. The van der Waals surface area contributed by atoms with E-state index in [1.165, 1.54) is 50.7 Å². The topological polar surface area (TPSA) is 29.5 Å². The van der Waals surface area contributed by atoms with Crippen molar-refractivity contribution in [1.29, 1.82) is 0 Å². The first-order valence-electron chi connectivity index (χ1n) is 9.86. The minimum Gasteiger partial charge on any atom is -0.362 e. The van der Waals surface area contributed by atoms with Crippen LogP contribution in [0.25, 0.3) is 0 Å². The summed E-state index contributed by atoms with van der Waals surface area (Å²) in [5, 5.41) is 10.8. The molecule has 1 aromatic rings. The first-order valence-corrected chi connectivity index (χ1v) is 9.86. The van der Waals surface area contributed by atoms with Gasteiger partial charge in [-0.05, 0) is 49.1 Å². The van der Waals surface area contributed by atoms with Crippen molar-refractivity contribution < 1.29 is 23.0 Å². The van der Waals surface area contributed by atoms with Gasteiger partial charge in [0.1, 0.15) is 0 Å². The molecule has 0 amide bonds. The van der Waals surface area contributed by atoms with Crippen molar-refractivity contribution in [3.63, 3.8) is 0 Å². The van der Waals surface area contributed by atoms with Gasteiger partial charge in [-0.15, -0.1) is 0 Å². The van der Waals surface area contributed by atoms with Crippen LogP contribution in [0, 0.1) is 17.8 Å². The third kappa shape index (κ3) is 4.42. The van der Waals surface area contributed by atoms with Gasteiger partial charge in [0.05, 0.1) is 12.2 Å². The van der Waals surface area contributed by atoms with Gasteiger partial charge in [-0.1, -0.05) is 44.7 Å². The molecule has 0 spiro atoms. The second-order valence-electron chi connectivity index (χ2n) is 8.04. The summed E-state index contributed by atoms with van der Waals surface area (Å²) in [7, 11) is 0. The molecule has 1 aromatic carbocycles. The average Bonchev–Trinajstić information content (AvgIpc) is 2.63. The molecular weight excluding hydrogens is 341 g/mol. The van der Waals surface area contributed by atoms with Crippen LogP contribution in [0.2, 0.25) is 0 Å². The largest absolute Gasteiger partial charge is 0.416 e. The van der Waals surface area contributed by atoms with Crippen LogP contribution in [0.3, 0.4) is 0 Å². The number of hydrogen-bond donors (Lipinski definition) is 1. The lowest BCUT2D eigenvalue weighted by molar-refractivity contribution is -0.250. The number of alkyl halides is 3. The minimum absolute atomic E-state index is 0.413. The number of hydrogen-bond acceptors (Lipinski definition) is 2. The summed E-state index contributed by atoms with van der Waals surface area (Å²) in [5.74, 6) is 0.512.